The van der Waals surface area contributed by atoms with Gasteiger partial charge in [-0.15, -0.1) is 0 Å². The number of halogens is 1. The highest BCUT2D eigenvalue weighted by Crippen LogP contribution is 2.16. The summed E-state index contributed by atoms with van der Waals surface area (Å²) >= 11 is 6.88. The van der Waals surface area contributed by atoms with Gasteiger partial charge in [0.1, 0.15) is 6.07 Å². The SMILES string of the molecule is N#C/C(=N\O)SCc1ccc(Cl)cc1. The molecule has 3 nitrogen and oxygen atoms in total. The Balaban J connectivity index is 2.55. The Morgan fingerprint density at radius 1 is 1.50 bits per heavy atom. The van der Waals surface area contributed by atoms with Crippen molar-refractivity contribution in [3.05, 3.63) is 34.9 Å². The number of hydrogen-bond acceptors (Lipinski definition) is 4. The fourth-order valence-electron chi connectivity index (χ4n) is 0.816. The molecule has 0 heterocycles. The maximum atomic E-state index is 8.47. The summed E-state index contributed by atoms with van der Waals surface area (Å²) in [7, 11) is 0. The molecule has 0 aromatic heterocycles. The van der Waals surface area contributed by atoms with Gasteiger partial charge in [-0.2, -0.15) is 5.26 Å². The van der Waals surface area contributed by atoms with Crippen LogP contribution in [0.2, 0.25) is 5.02 Å². The van der Waals surface area contributed by atoms with Crippen LogP contribution in [0.25, 0.3) is 0 Å². The zero-order valence-corrected chi connectivity index (χ0v) is 8.72. The fourth-order valence-corrected chi connectivity index (χ4v) is 1.56. The lowest BCUT2D eigenvalue weighted by Gasteiger charge is -1.98. The van der Waals surface area contributed by atoms with Crippen molar-refractivity contribution in [1.82, 2.24) is 0 Å². The van der Waals surface area contributed by atoms with E-state index in [1.807, 2.05) is 12.1 Å². The number of benzene rings is 1. The highest BCUT2D eigenvalue weighted by molar-refractivity contribution is 8.13. The lowest BCUT2D eigenvalue weighted by atomic mass is 10.2. The minimum Gasteiger partial charge on any atom is -0.409 e. The quantitative estimate of drug-likeness (QED) is 0.365. The van der Waals surface area contributed by atoms with Gasteiger partial charge in [-0.3, -0.25) is 0 Å². The maximum Gasteiger partial charge on any atom is 0.213 e. The van der Waals surface area contributed by atoms with Crippen molar-refractivity contribution in [3.8, 4) is 6.07 Å². The van der Waals surface area contributed by atoms with Crippen LogP contribution in [0.5, 0.6) is 0 Å². The van der Waals surface area contributed by atoms with E-state index in [1.165, 1.54) is 11.8 Å². The highest BCUT2D eigenvalue weighted by atomic mass is 35.5. The molecular weight excluding hydrogens is 220 g/mol. The molecule has 14 heavy (non-hydrogen) atoms. The average molecular weight is 227 g/mol. The van der Waals surface area contributed by atoms with Gasteiger partial charge in [0, 0.05) is 10.8 Å². The second-order valence-corrected chi connectivity index (χ2v) is 3.83. The predicted molar refractivity (Wildman–Crippen MR) is 57.6 cm³/mol. The maximum absolute atomic E-state index is 8.47. The lowest BCUT2D eigenvalue weighted by Crippen LogP contribution is -1.88. The number of thioether (sulfide) groups is 1. The van der Waals surface area contributed by atoms with Crippen LogP contribution in [-0.2, 0) is 5.75 Å². The summed E-state index contributed by atoms with van der Waals surface area (Å²) in [5, 5.41) is 20.4. The monoisotopic (exact) mass is 226 g/mol. The first kappa shape index (κ1) is 10.9. The summed E-state index contributed by atoms with van der Waals surface area (Å²) in [5.74, 6) is 0.587. The van der Waals surface area contributed by atoms with Crippen molar-refractivity contribution in [1.29, 1.82) is 5.26 Å². The Bertz CT molecular complexity index is 369. The molecule has 0 aliphatic heterocycles. The van der Waals surface area contributed by atoms with Crippen molar-refractivity contribution in [2.75, 3.05) is 0 Å². The third kappa shape index (κ3) is 3.29. The van der Waals surface area contributed by atoms with Crippen LogP contribution < -0.4 is 0 Å². The van der Waals surface area contributed by atoms with E-state index in [1.54, 1.807) is 18.2 Å². The van der Waals surface area contributed by atoms with E-state index in [2.05, 4.69) is 5.16 Å². The average Bonchev–Trinajstić information content (AvgIpc) is 2.22. The molecule has 0 atom stereocenters. The normalized spacial score (nSPS) is 11.0. The van der Waals surface area contributed by atoms with Crippen LogP contribution in [0.1, 0.15) is 5.56 Å². The Hall–Kier alpha value is -1.18. The molecule has 1 aromatic carbocycles. The standard InChI is InChI=1S/C9H7ClN2OS/c10-8-3-1-7(2-4-8)6-14-9(5-11)12-13/h1-4,13H,6H2/b12-9+. The lowest BCUT2D eigenvalue weighted by molar-refractivity contribution is 0.321. The molecule has 0 aliphatic carbocycles. The number of nitrogens with zero attached hydrogens (tertiary/aromatic N) is 2. The summed E-state index contributed by atoms with van der Waals surface area (Å²) in [6.07, 6.45) is 0. The van der Waals surface area contributed by atoms with Crippen molar-refractivity contribution in [2.45, 2.75) is 5.75 Å². The highest BCUT2D eigenvalue weighted by Gasteiger charge is 2.00. The fraction of sp³-hybridized carbons (Fsp3) is 0.111. The van der Waals surface area contributed by atoms with E-state index in [4.69, 9.17) is 22.1 Å². The zero-order chi connectivity index (χ0) is 10.4. The third-order valence-corrected chi connectivity index (χ3v) is 2.65. The van der Waals surface area contributed by atoms with Gasteiger partial charge in [0.05, 0.1) is 0 Å². The van der Waals surface area contributed by atoms with Crippen molar-refractivity contribution in [2.24, 2.45) is 5.16 Å². The largest absolute Gasteiger partial charge is 0.409 e. The zero-order valence-electron chi connectivity index (χ0n) is 7.14. The number of rotatable bonds is 2. The molecule has 5 heteroatoms. The molecule has 1 N–H and O–H groups in total. The number of oxime groups is 1. The Morgan fingerprint density at radius 3 is 2.64 bits per heavy atom. The topological polar surface area (TPSA) is 56.4 Å². The van der Waals surface area contributed by atoms with Gasteiger partial charge in [-0.1, -0.05) is 40.7 Å². The Labute approximate surface area is 91.0 Å². The molecule has 1 aromatic rings. The minimum atomic E-state index is 0.0555. The predicted octanol–water partition coefficient (Wildman–Crippen LogP) is 2.88. The van der Waals surface area contributed by atoms with Crippen LogP contribution in [0, 0.1) is 11.3 Å². The molecule has 0 radical (unpaired) electrons. The first-order valence-corrected chi connectivity index (χ1v) is 5.12. The summed E-state index contributed by atoms with van der Waals surface area (Å²) in [5.41, 5.74) is 1.02. The molecule has 0 saturated heterocycles. The van der Waals surface area contributed by atoms with Gasteiger partial charge in [-0.25, -0.2) is 0 Å². The second kappa shape index (κ2) is 5.53. The van der Waals surface area contributed by atoms with Gasteiger partial charge < -0.3 is 5.21 Å². The number of nitriles is 1. The second-order valence-electron chi connectivity index (χ2n) is 2.43. The first-order valence-electron chi connectivity index (χ1n) is 3.75. The van der Waals surface area contributed by atoms with E-state index in [9.17, 15) is 0 Å². The van der Waals surface area contributed by atoms with E-state index in [0.717, 1.165) is 5.56 Å². The third-order valence-electron chi connectivity index (χ3n) is 1.48. The van der Waals surface area contributed by atoms with Crippen molar-refractivity contribution < 1.29 is 5.21 Å². The molecule has 0 bridgehead atoms. The molecule has 0 unspecified atom stereocenters. The van der Waals surface area contributed by atoms with Gasteiger partial charge in [-0.05, 0) is 17.7 Å². The minimum absolute atomic E-state index is 0.0555. The van der Waals surface area contributed by atoms with Gasteiger partial charge in [0.2, 0.25) is 5.04 Å². The summed E-state index contributed by atoms with van der Waals surface area (Å²) in [4.78, 5) is 0. The number of hydrogen-bond donors (Lipinski definition) is 1. The van der Waals surface area contributed by atoms with Gasteiger partial charge >= 0.3 is 0 Å². The molecule has 1 rings (SSSR count). The molecule has 0 amide bonds. The molecule has 72 valence electrons. The van der Waals surface area contributed by atoms with Crippen molar-refractivity contribution in [3.63, 3.8) is 0 Å². The molecule has 0 saturated carbocycles. The van der Waals surface area contributed by atoms with E-state index < -0.39 is 0 Å². The van der Waals surface area contributed by atoms with E-state index >= 15 is 0 Å². The van der Waals surface area contributed by atoms with Crippen LogP contribution >= 0.6 is 23.4 Å². The van der Waals surface area contributed by atoms with E-state index in [-0.39, 0.29) is 5.04 Å². The summed E-state index contributed by atoms with van der Waals surface area (Å²) in [6.45, 7) is 0. The molecule has 0 aliphatic rings. The van der Waals surface area contributed by atoms with E-state index in [0.29, 0.717) is 10.8 Å². The molecule has 0 fully saturated rings. The molecular formula is C9H7ClN2OS. The first-order chi connectivity index (χ1) is 6.76. The van der Waals surface area contributed by atoms with Gasteiger partial charge in [0.25, 0.3) is 0 Å². The smallest absolute Gasteiger partial charge is 0.213 e. The van der Waals surface area contributed by atoms with Gasteiger partial charge in [0.15, 0.2) is 0 Å². The Kier molecular flexibility index (Phi) is 4.30. The van der Waals surface area contributed by atoms with Crippen LogP contribution in [0.3, 0.4) is 0 Å². The summed E-state index contributed by atoms with van der Waals surface area (Å²) < 4.78 is 0. The molecule has 0 spiro atoms. The Morgan fingerprint density at radius 2 is 2.14 bits per heavy atom. The van der Waals surface area contributed by atoms with Crippen LogP contribution in [0.15, 0.2) is 29.4 Å². The van der Waals surface area contributed by atoms with Crippen molar-refractivity contribution >= 4 is 28.4 Å². The van der Waals surface area contributed by atoms with Crippen LogP contribution in [-0.4, -0.2) is 10.3 Å². The van der Waals surface area contributed by atoms with Crippen LogP contribution in [0.4, 0.5) is 0 Å². The summed E-state index contributed by atoms with van der Waals surface area (Å²) in [6, 6.07) is 9.05.